The second-order valence-electron chi connectivity index (χ2n) is 5.69. The topological polar surface area (TPSA) is 43.6 Å². The van der Waals surface area contributed by atoms with E-state index in [0.29, 0.717) is 10.4 Å². The molecule has 6 heteroatoms. The van der Waals surface area contributed by atoms with Gasteiger partial charge in [0.1, 0.15) is 5.75 Å². The van der Waals surface area contributed by atoms with Gasteiger partial charge < -0.3 is 9.30 Å². The summed E-state index contributed by atoms with van der Waals surface area (Å²) >= 11 is 5.00. The predicted octanol–water partition coefficient (Wildman–Crippen LogP) is 5.06. The van der Waals surface area contributed by atoms with Crippen LogP contribution in [-0.4, -0.2) is 17.6 Å². The van der Waals surface area contributed by atoms with Crippen molar-refractivity contribution < 1.29 is 9.53 Å². The molecule has 3 aromatic rings. The summed E-state index contributed by atoms with van der Waals surface area (Å²) in [5.74, 6) is 0.466. The Morgan fingerprint density at radius 2 is 1.81 bits per heavy atom. The van der Waals surface area contributed by atoms with Crippen LogP contribution in [0.1, 0.15) is 22.2 Å². The van der Waals surface area contributed by atoms with Crippen LogP contribution < -0.4 is 9.54 Å². The Labute approximate surface area is 164 Å². The number of nitrogens with zero attached hydrogens (tertiary/aromatic N) is 2. The highest BCUT2D eigenvalue weighted by molar-refractivity contribution is 9.10. The van der Waals surface area contributed by atoms with Crippen molar-refractivity contribution in [1.82, 2.24) is 4.57 Å². The van der Waals surface area contributed by atoms with Crippen LogP contribution in [0.5, 0.6) is 5.75 Å². The van der Waals surface area contributed by atoms with E-state index >= 15 is 0 Å². The van der Waals surface area contributed by atoms with Crippen LogP contribution in [0.3, 0.4) is 0 Å². The second kappa shape index (κ2) is 8.01. The van der Waals surface area contributed by atoms with Gasteiger partial charge in [0, 0.05) is 21.5 Å². The Kier molecular flexibility index (Phi) is 5.74. The lowest BCUT2D eigenvalue weighted by molar-refractivity contribution is 0.0998. The summed E-state index contributed by atoms with van der Waals surface area (Å²) < 4.78 is 8.26. The van der Waals surface area contributed by atoms with Crippen molar-refractivity contribution in [2.24, 2.45) is 4.99 Å². The first-order valence-corrected chi connectivity index (χ1v) is 9.83. The number of rotatable bonds is 4. The Morgan fingerprint density at radius 1 is 1.15 bits per heavy atom. The molecule has 0 atom stereocenters. The SMILES string of the molecule is CCn1c(-c2ccc(Br)cc2)c(C)sc1=NC(=O)c1ccc(OC)cc1. The molecule has 0 bridgehead atoms. The summed E-state index contributed by atoms with van der Waals surface area (Å²) in [5.41, 5.74) is 2.76. The van der Waals surface area contributed by atoms with Crippen LogP contribution in [-0.2, 0) is 6.54 Å². The summed E-state index contributed by atoms with van der Waals surface area (Å²) in [6.45, 7) is 4.86. The van der Waals surface area contributed by atoms with E-state index in [0.717, 1.165) is 32.9 Å². The number of ether oxygens (including phenoxy) is 1. The zero-order valence-corrected chi connectivity index (χ0v) is 17.2. The van der Waals surface area contributed by atoms with E-state index in [-0.39, 0.29) is 5.91 Å². The Morgan fingerprint density at radius 3 is 2.38 bits per heavy atom. The number of benzene rings is 2. The minimum atomic E-state index is -0.251. The first-order chi connectivity index (χ1) is 12.5. The highest BCUT2D eigenvalue weighted by Crippen LogP contribution is 2.26. The first kappa shape index (κ1) is 18.6. The highest BCUT2D eigenvalue weighted by Gasteiger charge is 2.13. The molecule has 134 valence electrons. The van der Waals surface area contributed by atoms with Crippen molar-refractivity contribution in [3.8, 4) is 17.0 Å². The van der Waals surface area contributed by atoms with Gasteiger partial charge in [-0.2, -0.15) is 4.99 Å². The van der Waals surface area contributed by atoms with E-state index in [9.17, 15) is 4.79 Å². The fraction of sp³-hybridized carbons (Fsp3) is 0.200. The van der Waals surface area contributed by atoms with Gasteiger partial charge in [-0.25, -0.2) is 0 Å². The lowest BCUT2D eigenvalue weighted by Crippen LogP contribution is -2.17. The van der Waals surface area contributed by atoms with Crippen LogP contribution >= 0.6 is 27.3 Å². The molecule has 26 heavy (non-hydrogen) atoms. The zero-order valence-electron chi connectivity index (χ0n) is 14.8. The molecule has 4 nitrogen and oxygen atoms in total. The number of hydrogen-bond acceptors (Lipinski definition) is 3. The number of halogens is 1. The molecule has 0 unspecified atom stereocenters. The average molecular weight is 431 g/mol. The molecule has 2 aromatic carbocycles. The van der Waals surface area contributed by atoms with Gasteiger partial charge in [0.15, 0.2) is 4.80 Å². The van der Waals surface area contributed by atoms with Gasteiger partial charge in [-0.15, -0.1) is 11.3 Å². The third kappa shape index (κ3) is 3.81. The normalized spacial score (nSPS) is 11.6. The zero-order chi connectivity index (χ0) is 18.7. The van der Waals surface area contributed by atoms with E-state index in [2.05, 4.69) is 51.5 Å². The van der Waals surface area contributed by atoms with Crippen molar-refractivity contribution in [3.05, 3.63) is 68.2 Å². The number of carbonyl (C=O) groups excluding carboxylic acids is 1. The van der Waals surface area contributed by atoms with Crippen molar-refractivity contribution >= 4 is 33.2 Å². The summed E-state index contributed by atoms with van der Waals surface area (Å²) in [6.07, 6.45) is 0. The lowest BCUT2D eigenvalue weighted by Gasteiger charge is -2.07. The van der Waals surface area contributed by atoms with E-state index in [1.54, 1.807) is 31.4 Å². The molecule has 0 radical (unpaired) electrons. The molecule has 0 spiro atoms. The van der Waals surface area contributed by atoms with Crippen LogP contribution in [0.25, 0.3) is 11.3 Å². The second-order valence-corrected chi connectivity index (χ2v) is 7.78. The minimum absolute atomic E-state index is 0.251. The van der Waals surface area contributed by atoms with Gasteiger partial charge in [-0.05, 0) is 55.8 Å². The number of aromatic nitrogens is 1. The molecule has 0 aliphatic heterocycles. The fourth-order valence-corrected chi connectivity index (χ4v) is 4.08. The summed E-state index contributed by atoms with van der Waals surface area (Å²) in [7, 11) is 1.60. The minimum Gasteiger partial charge on any atom is -0.497 e. The average Bonchev–Trinajstić information content (AvgIpc) is 2.97. The number of methoxy groups -OCH3 is 1. The number of hydrogen-bond donors (Lipinski definition) is 0. The van der Waals surface area contributed by atoms with Gasteiger partial charge in [0.05, 0.1) is 12.8 Å². The predicted molar refractivity (Wildman–Crippen MR) is 109 cm³/mol. The Balaban J connectivity index is 2.04. The largest absolute Gasteiger partial charge is 0.497 e. The van der Waals surface area contributed by atoms with E-state index in [4.69, 9.17) is 4.74 Å². The van der Waals surface area contributed by atoms with Gasteiger partial charge in [0.2, 0.25) is 0 Å². The molecule has 3 rings (SSSR count). The van der Waals surface area contributed by atoms with Crippen LogP contribution in [0, 0.1) is 6.92 Å². The van der Waals surface area contributed by atoms with Crippen molar-refractivity contribution in [3.63, 3.8) is 0 Å². The maximum atomic E-state index is 12.6. The Hall–Kier alpha value is -2.18. The monoisotopic (exact) mass is 430 g/mol. The van der Waals surface area contributed by atoms with Crippen LogP contribution in [0.4, 0.5) is 0 Å². The maximum Gasteiger partial charge on any atom is 0.279 e. The van der Waals surface area contributed by atoms with E-state index in [1.807, 2.05) is 12.1 Å². The summed E-state index contributed by atoms with van der Waals surface area (Å²) in [6, 6.07) is 15.2. The molecule has 1 heterocycles. The molecular weight excluding hydrogens is 412 g/mol. The van der Waals surface area contributed by atoms with Gasteiger partial charge in [-0.3, -0.25) is 4.79 Å². The van der Waals surface area contributed by atoms with Gasteiger partial charge >= 0.3 is 0 Å². The van der Waals surface area contributed by atoms with Crippen molar-refractivity contribution in [2.75, 3.05) is 7.11 Å². The number of aryl methyl sites for hydroxylation is 1. The maximum absolute atomic E-state index is 12.6. The molecule has 0 aliphatic carbocycles. The van der Waals surface area contributed by atoms with E-state index in [1.165, 1.54) is 11.3 Å². The summed E-state index contributed by atoms with van der Waals surface area (Å²) in [5, 5.41) is 0. The third-order valence-electron chi connectivity index (χ3n) is 4.05. The van der Waals surface area contributed by atoms with Gasteiger partial charge in [-0.1, -0.05) is 28.1 Å². The number of carbonyl (C=O) groups is 1. The molecule has 0 saturated carbocycles. The molecule has 0 N–H and O–H groups in total. The molecule has 0 saturated heterocycles. The molecule has 1 amide bonds. The lowest BCUT2D eigenvalue weighted by atomic mass is 10.1. The molecule has 1 aromatic heterocycles. The first-order valence-electron chi connectivity index (χ1n) is 8.22. The van der Waals surface area contributed by atoms with Crippen LogP contribution in [0.15, 0.2) is 58.0 Å². The molecule has 0 fully saturated rings. The third-order valence-corrected chi connectivity index (χ3v) is 5.57. The van der Waals surface area contributed by atoms with Crippen molar-refractivity contribution in [1.29, 1.82) is 0 Å². The van der Waals surface area contributed by atoms with Crippen molar-refractivity contribution in [2.45, 2.75) is 20.4 Å². The number of thiazole rings is 1. The molecule has 0 aliphatic rings. The molecular formula is C20H19BrN2O2S. The summed E-state index contributed by atoms with van der Waals surface area (Å²) in [4.78, 5) is 18.8. The quantitative estimate of drug-likeness (QED) is 0.580. The Bertz CT molecular complexity index is 986. The standard InChI is InChI=1S/C20H19BrN2O2S/c1-4-23-18(14-5-9-16(21)10-6-14)13(2)26-20(23)22-19(24)15-7-11-17(25-3)12-8-15/h5-12H,4H2,1-3H3. The fourth-order valence-electron chi connectivity index (χ4n) is 2.75. The van der Waals surface area contributed by atoms with E-state index < -0.39 is 0 Å². The van der Waals surface area contributed by atoms with Gasteiger partial charge in [0.25, 0.3) is 5.91 Å². The number of amides is 1. The van der Waals surface area contributed by atoms with Crippen LogP contribution in [0.2, 0.25) is 0 Å². The smallest absolute Gasteiger partial charge is 0.279 e. The highest BCUT2D eigenvalue weighted by atomic mass is 79.9.